The van der Waals surface area contributed by atoms with E-state index in [1.54, 1.807) is 22.7 Å². The van der Waals surface area contributed by atoms with Crippen molar-refractivity contribution in [3.8, 4) is 10.6 Å². The van der Waals surface area contributed by atoms with Gasteiger partial charge in [-0.05, 0) is 24.3 Å². The van der Waals surface area contributed by atoms with E-state index in [-0.39, 0.29) is 5.41 Å². The van der Waals surface area contributed by atoms with Gasteiger partial charge in [0, 0.05) is 41.4 Å². The highest BCUT2D eigenvalue weighted by molar-refractivity contribution is 7.14. The zero-order valence-corrected chi connectivity index (χ0v) is 11.7. The number of rotatable bonds is 6. The first kappa shape index (κ1) is 12.3. The van der Waals surface area contributed by atoms with Gasteiger partial charge >= 0.3 is 0 Å². The molecule has 2 heterocycles. The minimum atomic E-state index is 0.173. The Kier molecular flexibility index (Phi) is 3.48. The molecule has 0 spiro atoms. The van der Waals surface area contributed by atoms with E-state index in [2.05, 4.69) is 32.5 Å². The van der Waals surface area contributed by atoms with Crippen molar-refractivity contribution in [2.75, 3.05) is 13.2 Å². The normalized spacial score (nSPS) is 16.9. The van der Waals surface area contributed by atoms with Crippen LogP contribution in [0.1, 0.15) is 18.5 Å². The van der Waals surface area contributed by atoms with Gasteiger partial charge in [0.05, 0.1) is 5.69 Å². The summed E-state index contributed by atoms with van der Waals surface area (Å²) in [6, 6.07) is 2.10. The molecular formula is C13H16N2OS2. The summed E-state index contributed by atoms with van der Waals surface area (Å²) in [5.41, 5.74) is 2.48. The van der Waals surface area contributed by atoms with Crippen molar-refractivity contribution in [1.82, 2.24) is 10.3 Å². The van der Waals surface area contributed by atoms with Crippen LogP contribution in [0.25, 0.3) is 10.6 Å². The summed E-state index contributed by atoms with van der Waals surface area (Å²) in [6.45, 7) is 1.99. The molecular weight excluding hydrogens is 264 g/mol. The van der Waals surface area contributed by atoms with Gasteiger partial charge in [0.15, 0.2) is 0 Å². The average Bonchev–Trinajstić information content (AvgIpc) is 2.84. The third-order valence-electron chi connectivity index (χ3n) is 3.42. The smallest absolute Gasteiger partial charge is 0.124 e. The first-order chi connectivity index (χ1) is 8.81. The maximum Gasteiger partial charge on any atom is 0.124 e. The topological polar surface area (TPSA) is 45.1 Å². The lowest BCUT2D eigenvalue weighted by Gasteiger charge is -2.11. The third kappa shape index (κ3) is 2.64. The lowest BCUT2D eigenvalue weighted by molar-refractivity contribution is 0.207. The van der Waals surface area contributed by atoms with Crippen LogP contribution < -0.4 is 5.32 Å². The number of nitrogens with one attached hydrogen (secondary N) is 1. The summed E-state index contributed by atoms with van der Waals surface area (Å²) in [6.07, 6.45) is 2.29. The monoisotopic (exact) mass is 280 g/mol. The summed E-state index contributed by atoms with van der Waals surface area (Å²) in [5.74, 6) is 0. The van der Waals surface area contributed by atoms with E-state index in [1.807, 2.05) is 0 Å². The van der Waals surface area contributed by atoms with E-state index < -0.39 is 0 Å². The maximum absolute atomic E-state index is 9.23. The largest absolute Gasteiger partial charge is 0.396 e. The van der Waals surface area contributed by atoms with Crippen LogP contribution in [0.4, 0.5) is 0 Å². The molecule has 96 valence electrons. The van der Waals surface area contributed by atoms with E-state index in [0.717, 1.165) is 36.6 Å². The third-order valence-corrected chi connectivity index (χ3v) is 5.04. The first-order valence-corrected chi connectivity index (χ1v) is 7.92. The van der Waals surface area contributed by atoms with Gasteiger partial charge in [-0.2, -0.15) is 11.3 Å². The number of aromatic nitrogens is 1. The second-order valence-electron chi connectivity index (χ2n) is 4.92. The van der Waals surface area contributed by atoms with E-state index >= 15 is 0 Å². The highest BCUT2D eigenvalue weighted by Gasteiger charge is 2.41. The standard InChI is InChI=1S/C13H16N2OS2/c16-9-13(2-3-13)8-14-5-11-7-18-12(15-11)10-1-4-17-6-10/h1,4,6-7,14,16H,2-3,5,8-9H2. The van der Waals surface area contributed by atoms with Crippen molar-refractivity contribution in [3.05, 3.63) is 27.9 Å². The van der Waals surface area contributed by atoms with Crippen LogP contribution in [-0.2, 0) is 6.54 Å². The zero-order chi connectivity index (χ0) is 12.4. The molecule has 5 heteroatoms. The number of thiazole rings is 1. The van der Waals surface area contributed by atoms with Gasteiger partial charge in [-0.15, -0.1) is 11.3 Å². The minimum Gasteiger partial charge on any atom is -0.396 e. The van der Waals surface area contributed by atoms with Crippen molar-refractivity contribution in [1.29, 1.82) is 0 Å². The fourth-order valence-corrected chi connectivity index (χ4v) is 3.46. The highest BCUT2D eigenvalue weighted by Crippen LogP contribution is 2.44. The molecule has 0 radical (unpaired) electrons. The van der Waals surface area contributed by atoms with E-state index in [9.17, 15) is 5.11 Å². The van der Waals surface area contributed by atoms with Gasteiger partial charge in [0.25, 0.3) is 0 Å². The van der Waals surface area contributed by atoms with Gasteiger partial charge in [0.1, 0.15) is 5.01 Å². The van der Waals surface area contributed by atoms with Crippen molar-refractivity contribution < 1.29 is 5.11 Å². The molecule has 3 nitrogen and oxygen atoms in total. The SMILES string of the molecule is OCC1(CNCc2csc(-c3ccsc3)n2)CC1. The van der Waals surface area contributed by atoms with Crippen LogP contribution in [-0.4, -0.2) is 23.2 Å². The molecule has 0 amide bonds. The molecule has 0 bridgehead atoms. The second kappa shape index (κ2) is 5.09. The fraction of sp³-hybridized carbons (Fsp3) is 0.462. The molecule has 18 heavy (non-hydrogen) atoms. The molecule has 2 aromatic rings. The molecule has 1 aliphatic rings. The van der Waals surface area contributed by atoms with Crippen molar-refractivity contribution in [2.45, 2.75) is 19.4 Å². The Hall–Kier alpha value is -0.750. The molecule has 1 aliphatic carbocycles. The molecule has 0 aliphatic heterocycles. The number of nitrogens with zero attached hydrogens (tertiary/aromatic N) is 1. The Morgan fingerprint density at radius 3 is 2.94 bits per heavy atom. The molecule has 2 N–H and O–H groups in total. The Balaban J connectivity index is 1.54. The Morgan fingerprint density at radius 1 is 1.39 bits per heavy atom. The maximum atomic E-state index is 9.23. The van der Waals surface area contributed by atoms with Crippen molar-refractivity contribution in [3.63, 3.8) is 0 Å². The average molecular weight is 280 g/mol. The molecule has 3 rings (SSSR count). The molecule has 2 aromatic heterocycles. The Bertz CT molecular complexity index is 503. The molecule has 0 atom stereocenters. The van der Waals surface area contributed by atoms with Crippen LogP contribution in [0.2, 0.25) is 0 Å². The highest BCUT2D eigenvalue weighted by atomic mass is 32.1. The quantitative estimate of drug-likeness (QED) is 0.855. The van der Waals surface area contributed by atoms with Gasteiger partial charge in [-0.3, -0.25) is 0 Å². The van der Waals surface area contributed by atoms with Crippen molar-refractivity contribution in [2.24, 2.45) is 5.41 Å². The van der Waals surface area contributed by atoms with Crippen LogP contribution in [0.5, 0.6) is 0 Å². The molecule has 1 saturated carbocycles. The number of hydrogen-bond acceptors (Lipinski definition) is 5. The predicted molar refractivity (Wildman–Crippen MR) is 75.9 cm³/mol. The van der Waals surface area contributed by atoms with Gasteiger partial charge in [-0.1, -0.05) is 0 Å². The first-order valence-electron chi connectivity index (χ1n) is 6.10. The lowest BCUT2D eigenvalue weighted by atomic mass is 10.1. The van der Waals surface area contributed by atoms with Crippen LogP contribution in [0, 0.1) is 5.41 Å². The number of hydrogen-bond donors (Lipinski definition) is 2. The van der Waals surface area contributed by atoms with Crippen molar-refractivity contribution >= 4 is 22.7 Å². The fourth-order valence-electron chi connectivity index (χ4n) is 1.93. The number of aliphatic hydroxyl groups excluding tert-OH is 1. The Morgan fingerprint density at radius 2 is 2.28 bits per heavy atom. The summed E-state index contributed by atoms with van der Waals surface area (Å²) in [5, 5.41) is 20.0. The van der Waals surface area contributed by atoms with Crippen LogP contribution in [0.15, 0.2) is 22.2 Å². The van der Waals surface area contributed by atoms with E-state index in [4.69, 9.17) is 0 Å². The molecule has 0 aromatic carbocycles. The number of thiophene rings is 1. The summed E-state index contributed by atoms with van der Waals surface area (Å²) < 4.78 is 0. The van der Waals surface area contributed by atoms with Gasteiger partial charge in [0.2, 0.25) is 0 Å². The van der Waals surface area contributed by atoms with Gasteiger partial charge < -0.3 is 10.4 Å². The Labute approximate surface area is 115 Å². The number of aliphatic hydroxyl groups is 1. The predicted octanol–water partition coefficient (Wildman–Crippen LogP) is 2.73. The van der Waals surface area contributed by atoms with E-state index in [1.165, 1.54) is 5.56 Å². The summed E-state index contributed by atoms with van der Waals surface area (Å²) in [4.78, 5) is 4.62. The molecule has 0 saturated heterocycles. The molecule has 0 unspecified atom stereocenters. The summed E-state index contributed by atoms with van der Waals surface area (Å²) in [7, 11) is 0. The van der Waals surface area contributed by atoms with Gasteiger partial charge in [-0.25, -0.2) is 4.98 Å². The van der Waals surface area contributed by atoms with Crippen LogP contribution in [0.3, 0.4) is 0 Å². The second-order valence-corrected chi connectivity index (χ2v) is 6.56. The zero-order valence-electron chi connectivity index (χ0n) is 10.1. The lowest BCUT2D eigenvalue weighted by Crippen LogP contribution is -2.26. The van der Waals surface area contributed by atoms with Crippen LogP contribution >= 0.6 is 22.7 Å². The molecule has 1 fully saturated rings. The minimum absolute atomic E-state index is 0.173. The van der Waals surface area contributed by atoms with E-state index in [0.29, 0.717) is 6.61 Å². The summed E-state index contributed by atoms with van der Waals surface area (Å²) >= 11 is 3.39.